The van der Waals surface area contributed by atoms with E-state index in [0.29, 0.717) is 0 Å². The van der Waals surface area contributed by atoms with Gasteiger partial charge in [0.05, 0.1) is 4.92 Å². The highest BCUT2D eigenvalue weighted by atomic mass is 32.1. The number of aromatic nitrogens is 1. The molecule has 0 fully saturated rings. The summed E-state index contributed by atoms with van der Waals surface area (Å²) in [6.07, 6.45) is -0.887. The molecule has 1 rings (SSSR count). The Labute approximate surface area is 136 Å². The Morgan fingerprint density at radius 2 is 2.09 bits per heavy atom. The highest BCUT2D eigenvalue weighted by molar-refractivity contribution is 7.10. The van der Waals surface area contributed by atoms with Crippen molar-refractivity contribution in [3.05, 3.63) is 15.8 Å². The van der Waals surface area contributed by atoms with Gasteiger partial charge in [0.2, 0.25) is 0 Å². The Balaban J connectivity index is 2.73. The summed E-state index contributed by atoms with van der Waals surface area (Å²) >= 11 is 0.847. The number of nitrogens with zero attached hydrogens (tertiary/aromatic N) is 2. The summed E-state index contributed by atoms with van der Waals surface area (Å²) in [6.45, 7) is 6.16. The summed E-state index contributed by atoms with van der Waals surface area (Å²) in [5.74, 6) is -1.30. The van der Waals surface area contributed by atoms with E-state index >= 15 is 0 Å². The van der Waals surface area contributed by atoms with Gasteiger partial charge in [-0.05, 0) is 39.2 Å². The molecule has 0 radical (unpaired) electrons. The van der Waals surface area contributed by atoms with Crippen LogP contribution in [0.4, 0.5) is 15.5 Å². The smallest absolute Gasteiger partial charge is 0.408 e. The lowest BCUT2D eigenvalue weighted by Crippen LogP contribution is -2.47. The molecule has 0 aliphatic heterocycles. The van der Waals surface area contributed by atoms with Crippen molar-refractivity contribution < 1.29 is 24.4 Å². The molecule has 1 atom stereocenters. The van der Waals surface area contributed by atoms with E-state index in [4.69, 9.17) is 9.84 Å². The maximum atomic E-state index is 11.6. The van der Waals surface area contributed by atoms with E-state index in [9.17, 15) is 19.7 Å². The maximum absolute atomic E-state index is 11.6. The molecule has 23 heavy (non-hydrogen) atoms. The van der Waals surface area contributed by atoms with Crippen molar-refractivity contribution in [1.29, 1.82) is 0 Å². The Morgan fingerprint density at radius 1 is 1.48 bits per heavy atom. The van der Waals surface area contributed by atoms with Crippen LogP contribution in [0.1, 0.15) is 26.5 Å². The number of hydrogen-bond donors (Lipinski definition) is 3. The number of alkyl carbamates (subject to hydrolysis) is 1. The molecule has 1 unspecified atom stereocenters. The molecule has 1 aromatic rings. The van der Waals surface area contributed by atoms with Gasteiger partial charge in [-0.2, -0.15) is 4.37 Å². The number of amides is 1. The molecule has 0 aromatic carbocycles. The molecule has 128 valence electrons. The third-order valence-electron chi connectivity index (χ3n) is 2.47. The standard InChI is InChI=1S/C12H18N4O6S/c1-6-8(16(20)21)9(23-15-6)13-5-7(10(17)18)14-11(19)22-12(2,3)4/h7,13H,5H2,1-4H3,(H,14,19)(H,17,18). The van der Waals surface area contributed by atoms with Crippen molar-refractivity contribution in [3.63, 3.8) is 0 Å². The molecule has 10 nitrogen and oxygen atoms in total. The summed E-state index contributed by atoms with van der Waals surface area (Å²) in [5, 5.41) is 25.0. The van der Waals surface area contributed by atoms with E-state index < -0.39 is 28.6 Å². The Hall–Kier alpha value is -2.43. The first-order valence-electron chi connectivity index (χ1n) is 6.58. The van der Waals surface area contributed by atoms with E-state index in [2.05, 4.69) is 15.0 Å². The lowest BCUT2D eigenvalue weighted by atomic mass is 10.2. The van der Waals surface area contributed by atoms with Crippen molar-refractivity contribution in [2.75, 3.05) is 11.9 Å². The van der Waals surface area contributed by atoms with Crippen molar-refractivity contribution in [3.8, 4) is 0 Å². The second kappa shape index (κ2) is 7.22. The number of carboxylic acid groups (broad SMARTS) is 1. The van der Waals surface area contributed by atoms with Crippen LogP contribution in [0.3, 0.4) is 0 Å². The summed E-state index contributed by atoms with van der Waals surface area (Å²) in [5.41, 5.74) is -0.750. The zero-order chi connectivity index (χ0) is 17.8. The second-order valence-electron chi connectivity index (χ2n) is 5.62. The average molecular weight is 346 g/mol. The summed E-state index contributed by atoms with van der Waals surface area (Å²) in [6, 6.07) is -1.31. The number of anilines is 1. The van der Waals surface area contributed by atoms with Gasteiger partial charge in [0.15, 0.2) is 5.00 Å². The third-order valence-corrected chi connectivity index (χ3v) is 3.36. The Morgan fingerprint density at radius 3 is 2.57 bits per heavy atom. The monoisotopic (exact) mass is 346 g/mol. The molecule has 0 bridgehead atoms. The van der Waals surface area contributed by atoms with Crippen LogP contribution in [-0.2, 0) is 9.53 Å². The zero-order valence-corrected chi connectivity index (χ0v) is 13.9. The topological polar surface area (TPSA) is 144 Å². The van der Waals surface area contributed by atoms with E-state index in [1.807, 2.05) is 0 Å². The molecule has 1 amide bonds. The third kappa shape index (κ3) is 5.70. The molecule has 11 heteroatoms. The van der Waals surface area contributed by atoms with Gasteiger partial charge >= 0.3 is 17.7 Å². The summed E-state index contributed by atoms with van der Waals surface area (Å²) in [7, 11) is 0. The minimum atomic E-state index is -1.31. The number of aryl methyl sites for hydroxylation is 1. The van der Waals surface area contributed by atoms with Crippen LogP contribution in [0.5, 0.6) is 0 Å². The number of nitrogens with one attached hydrogen (secondary N) is 2. The predicted molar refractivity (Wildman–Crippen MR) is 82.8 cm³/mol. The van der Waals surface area contributed by atoms with Crippen LogP contribution in [0.2, 0.25) is 0 Å². The fourth-order valence-corrected chi connectivity index (χ4v) is 2.31. The lowest BCUT2D eigenvalue weighted by Gasteiger charge is -2.22. The van der Waals surface area contributed by atoms with Crippen molar-refractivity contribution in [2.45, 2.75) is 39.3 Å². The van der Waals surface area contributed by atoms with Gasteiger partial charge in [0.25, 0.3) is 0 Å². The first-order valence-corrected chi connectivity index (χ1v) is 7.35. The number of nitro groups is 1. The average Bonchev–Trinajstić information content (AvgIpc) is 2.73. The molecular weight excluding hydrogens is 328 g/mol. The predicted octanol–water partition coefficient (Wildman–Crippen LogP) is 1.75. The van der Waals surface area contributed by atoms with E-state index in [1.165, 1.54) is 6.92 Å². The van der Waals surface area contributed by atoms with Crippen LogP contribution >= 0.6 is 11.5 Å². The minimum Gasteiger partial charge on any atom is -0.480 e. The summed E-state index contributed by atoms with van der Waals surface area (Å²) in [4.78, 5) is 33.2. The van der Waals surface area contributed by atoms with Gasteiger partial charge in [-0.15, -0.1) is 0 Å². The number of rotatable bonds is 6. The second-order valence-corrected chi connectivity index (χ2v) is 6.39. The molecular formula is C12H18N4O6S. The largest absolute Gasteiger partial charge is 0.480 e. The molecule has 1 heterocycles. The number of hydrogen-bond acceptors (Lipinski definition) is 8. The van der Waals surface area contributed by atoms with Gasteiger partial charge < -0.3 is 20.5 Å². The maximum Gasteiger partial charge on any atom is 0.408 e. The number of aliphatic carboxylic acids is 1. The normalized spacial score (nSPS) is 12.3. The van der Waals surface area contributed by atoms with E-state index in [0.717, 1.165) is 11.5 Å². The first-order chi connectivity index (χ1) is 10.5. The van der Waals surface area contributed by atoms with Gasteiger partial charge in [0.1, 0.15) is 17.3 Å². The fourth-order valence-electron chi connectivity index (χ4n) is 1.54. The number of carboxylic acids is 1. The molecule has 0 spiro atoms. The first kappa shape index (κ1) is 18.6. The highest BCUT2D eigenvalue weighted by Gasteiger charge is 2.26. The van der Waals surface area contributed by atoms with Crippen LogP contribution < -0.4 is 10.6 Å². The van der Waals surface area contributed by atoms with Crippen LogP contribution in [0.15, 0.2) is 0 Å². The van der Waals surface area contributed by atoms with Gasteiger partial charge in [-0.25, -0.2) is 9.59 Å². The quantitative estimate of drug-likeness (QED) is 0.522. The van der Waals surface area contributed by atoms with Crippen LogP contribution in [-0.4, -0.2) is 44.7 Å². The molecule has 0 saturated heterocycles. The lowest BCUT2D eigenvalue weighted by molar-refractivity contribution is -0.384. The minimum absolute atomic E-state index is 0.129. The molecule has 0 aliphatic rings. The van der Waals surface area contributed by atoms with Crippen LogP contribution in [0.25, 0.3) is 0 Å². The number of ether oxygens (including phenoxy) is 1. The SMILES string of the molecule is Cc1nsc(NCC(NC(=O)OC(C)(C)C)C(=O)O)c1[N+](=O)[O-]. The highest BCUT2D eigenvalue weighted by Crippen LogP contribution is 2.31. The van der Waals surface area contributed by atoms with Gasteiger partial charge in [-0.3, -0.25) is 10.1 Å². The van der Waals surface area contributed by atoms with Crippen molar-refractivity contribution >= 4 is 34.3 Å². The Kier molecular flexibility index (Phi) is 5.85. The molecule has 3 N–H and O–H groups in total. The Bertz CT molecular complexity index is 609. The molecule has 0 aliphatic carbocycles. The van der Waals surface area contributed by atoms with E-state index in [-0.39, 0.29) is 22.9 Å². The molecule has 0 saturated carbocycles. The van der Waals surface area contributed by atoms with Crippen molar-refractivity contribution in [1.82, 2.24) is 9.69 Å². The van der Waals surface area contributed by atoms with E-state index in [1.54, 1.807) is 20.8 Å². The van der Waals surface area contributed by atoms with Crippen molar-refractivity contribution in [2.24, 2.45) is 0 Å². The fraction of sp³-hybridized carbons (Fsp3) is 0.583. The number of carbonyl (C=O) groups excluding carboxylic acids is 1. The number of carbonyl (C=O) groups is 2. The summed E-state index contributed by atoms with van der Waals surface area (Å²) < 4.78 is 8.83. The zero-order valence-electron chi connectivity index (χ0n) is 13.1. The van der Waals surface area contributed by atoms with Gasteiger partial charge in [-0.1, -0.05) is 0 Å². The molecule has 1 aromatic heterocycles. The van der Waals surface area contributed by atoms with Crippen LogP contribution in [0, 0.1) is 17.0 Å². The van der Waals surface area contributed by atoms with Gasteiger partial charge in [0, 0.05) is 6.54 Å².